The van der Waals surface area contributed by atoms with Crippen molar-refractivity contribution in [2.75, 3.05) is 0 Å². The molecule has 0 radical (unpaired) electrons. The molecule has 0 aliphatic carbocycles. The van der Waals surface area contributed by atoms with Crippen LogP contribution in [0.15, 0.2) is 33.9 Å². The lowest BCUT2D eigenvalue weighted by atomic mass is 10.2. The number of nitrogens with one attached hydrogen (secondary N) is 1. The van der Waals surface area contributed by atoms with E-state index in [4.69, 9.17) is 9.15 Å². The fourth-order valence-electron chi connectivity index (χ4n) is 1.95. The second kappa shape index (κ2) is 7.70. The summed E-state index contributed by atoms with van der Waals surface area (Å²) in [6.07, 6.45) is -0.512. The maximum absolute atomic E-state index is 11.8. The molecule has 0 spiro atoms. The predicted molar refractivity (Wildman–Crippen MR) is 92.8 cm³/mol. The van der Waals surface area contributed by atoms with Gasteiger partial charge in [0.15, 0.2) is 0 Å². The minimum atomic E-state index is -0.548. The van der Waals surface area contributed by atoms with Crippen molar-refractivity contribution in [2.45, 2.75) is 57.2 Å². The molecule has 6 nitrogen and oxygen atoms in total. The van der Waals surface area contributed by atoms with Crippen LogP contribution in [0.4, 0.5) is 4.79 Å². The lowest BCUT2D eigenvalue weighted by Crippen LogP contribution is -2.34. The Morgan fingerprint density at radius 3 is 2.79 bits per heavy atom. The third-order valence-electron chi connectivity index (χ3n) is 2.97. The number of benzene rings is 1. The summed E-state index contributed by atoms with van der Waals surface area (Å²) < 4.78 is 10.8. The molecule has 130 valence electrons. The first-order valence-electron chi connectivity index (χ1n) is 7.74. The molecule has 7 heteroatoms. The number of amides is 1. The number of carbonyl (C=O) groups excluding carboxylic acids is 1. The molecule has 1 atom stereocenters. The van der Waals surface area contributed by atoms with Gasteiger partial charge in [0.1, 0.15) is 11.6 Å². The molecule has 1 N–H and O–H groups in total. The summed E-state index contributed by atoms with van der Waals surface area (Å²) in [7, 11) is 0. The Balaban J connectivity index is 1.89. The number of alkyl carbamates (subject to hydrolysis) is 1. The lowest BCUT2D eigenvalue weighted by Gasteiger charge is -2.20. The number of hydrogen-bond donors (Lipinski definition) is 1. The van der Waals surface area contributed by atoms with Crippen LogP contribution in [0.2, 0.25) is 0 Å². The molecule has 1 amide bonds. The van der Waals surface area contributed by atoms with E-state index < -0.39 is 17.7 Å². The highest BCUT2D eigenvalue weighted by Crippen LogP contribution is 2.23. The molecule has 0 saturated heterocycles. The molecular formula is C17H23N3O3S. The Hall–Kier alpha value is -2.02. The predicted octanol–water partition coefficient (Wildman–Crippen LogP) is 4.26. The molecule has 24 heavy (non-hydrogen) atoms. The monoisotopic (exact) mass is 349 g/mol. The molecule has 0 aliphatic rings. The maximum atomic E-state index is 11.8. The van der Waals surface area contributed by atoms with Crippen molar-refractivity contribution in [1.82, 2.24) is 15.5 Å². The zero-order valence-electron chi connectivity index (χ0n) is 14.6. The van der Waals surface area contributed by atoms with Gasteiger partial charge in [-0.1, -0.05) is 41.6 Å². The highest BCUT2D eigenvalue weighted by molar-refractivity contribution is 7.98. The third-order valence-corrected chi connectivity index (χ3v) is 3.86. The van der Waals surface area contributed by atoms with Crippen LogP contribution in [0.25, 0.3) is 0 Å². The topological polar surface area (TPSA) is 77.2 Å². The Labute approximate surface area is 146 Å². The van der Waals surface area contributed by atoms with Gasteiger partial charge in [-0.3, -0.25) is 0 Å². The van der Waals surface area contributed by atoms with Gasteiger partial charge in [0.2, 0.25) is 5.89 Å². The summed E-state index contributed by atoms with van der Waals surface area (Å²) in [5.74, 6) is 1.10. The van der Waals surface area contributed by atoms with Gasteiger partial charge in [-0.05, 0) is 40.2 Å². The molecule has 2 rings (SSSR count). The van der Waals surface area contributed by atoms with Crippen molar-refractivity contribution in [3.63, 3.8) is 0 Å². The van der Waals surface area contributed by atoms with E-state index in [1.54, 1.807) is 6.92 Å². The quantitative estimate of drug-likeness (QED) is 0.813. The van der Waals surface area contributed by atoms with E-state index in [1.807, 2.05) is 26.8 Å². The first-order chi connectivity index (χ1) is 11.2. The average molecular weight is 349 g/mol. The Morgan fingerprint density at radius 2 is 2.12 bits per heavy atom. The number of aromatic nitrogens is 2. The molecule has 0 fully saturated rings. The van der Waals surface area contributed by atoms with Crippen molar-refractivity contribution in [3.8, 4) is 0 Å². The molecule has 0 saturated carbocycles. The normalized spacial score (nSPS) is 12.7. The van der Waals surface area contributed by atoms with Gasteiger partial charge < -0.3 is 14.5 Å². The van der Waals surface area contributed by atoms with E-state index in [-0.39, 0.29) is 0 Å². The largest absolute Gasteiger partial charge is 0.444 e. The number of aryl methyl sites for hydroxylation is 1. The summed E-state index contributed by atoms with van der Waals surface area (Å²) in [6.45, 7) is 9.26. The summed E-state index contributed by atoms with van der Waals surface area (Å²) >= 11 is 1.47. The Morgan fingerprint density at radius 1 is 1.38 bits per heavy atom. The minimum absolute atomic E-state index is 0.354. The summed E-state index contributed by atoms with van der Waals surface area (Å²) in [5.41, 5.74) is 1.86. The number of nitrogens with zero attached hydrogens (tertiary/aromatic N) is 2. The maximum Gasteiger partial charge on any atom is 0.408 e. The van der Waals surface area contributed by atoms with Crippen LogP contribution >= 0.6 is 11.8 Å². The van der Waals surface area contributed by atoms with Gasteiger partial charge in [0.25, 0.3) is 5.22 Å². The van der Waals surface area contributed by atoms with Gasteiger partial charge in [-0.2, -0.15) is 0 Å². The standard InChI is InChI=1S/C17H23N3O3S/c1-11-7-6-8-13(9-11)10-24-16-20-19-14(22-16)12(2)18-15(21)23-17(3,4)5/h6-9,12H,10H2,1-5H3,(H,18,21). The van der Waals surface area contributed by atoms with Crippen LogP contribution in [0.1, 0.15) is 50.8 Å². The molecule has 1 unspecified atom stereocenters. The van der Waals surface area contributed by atoms with Crippen molar-refractivity contribution in [2.24, 2.45) is 0 Å². The summed E-state index contributed by atoms with van der Waals surface area (Å²) in [5, 5.41) is 11.2. The second-order valence-electron chi connectivity index (χ2n) is 6.55. The highest BCUT2D eigenvalue weighted by atomic mass is 32.2. The van der Waals surface area contributed by atoms with E-state index >= 15 is 0 Å². The first-order valence-corrected chi connectivity index (χ1v) is 8.73. The zero-order chi connectivity index (χ0) is 17.7. The number of hydrogen-bond acceptors (Lipinski definition) is 6. The number of rotatable bonds is 5. The molecule has 2 aromatic rings. The van der Waals surface area contributed by atoms with Crippen LogP contribution in [0, 0.1) is 6.92 Å². The van der Waals surface area contributed by atoms with Crippen molar-refractivity contribution < 1.29 is 13.9 Å². The van der Waals surface area contributed by atoms with E-state index in [0.29, 0.717) is 11.1 Å². The molecule has 1 aromatic heterocycles. The van der Waals surface area contributed by atoms with E-state index in [0.717, 1.165) is 5.75 Å². The van der Waals surface area contributed by atoms with Crippen LogP contribution < -0.4 is 5.32 Å². The van der Waals surface area contributed by atoms with Crippen LogP contribution in [0.5, 0.6) is 0 Å². The van der Waals surface area contributed by atoms with Gasteiger partial charge in [0, 0.05) is 5.75 Å². The summed E-state index contributed by atoms with van der Waals surface area (Å²) in [4.78, 5) is 11.8. The van der Waals surface area contributed by atoms with E-state index in [9.17, 15) is 4.79 Å². The van der Waals surface area contributed by atoms with Gasteiger partial charge in [0.05, 0.1) is 0 Å². The average Bonchev–Trinajstić information content (AvgIpc) is 2.92. The number of ether oxygens (including phenoxy) is 1. The number of thioether (sulfide) groups is 1. The van der Waals surface area contributed by atoms with Gasteiger partial charge in [-0.15, -0.1) is 10.2 Å². The Bertz CT molecular complexity index is 694. The van der Waals surface area contributed by atoms with Crippen LogP contribution in [0.3, 0.4) is 0 Å². The molecular weight excluding hydrogens is 326 g/mol. The molecule has 1 heterocycles. The zero-order valence-corrected chi connectivity index (χ0v) is 15.4. The highest BCUT2D eigenvalue weighted by Gasteiger charge is 2.21. The minimum Gasteiger partial charge on any atom is -0.444 e. The smallest absolute Gasteiger partial charge is 0.408 e. The molecule has 0 bridgehead atoms. The van der Waals surface area contributed by atoms with Gasteiger partial charge >= 0.3 is 6.09 Å². The van der Waals surface area contributed by atoms with Crippen molar-refractivity contribution >= 4 is 17.9 Å². The molecule has 0 aliphatic heterocycles. The third kappa shape index (κ3) is 5.88. The fraction of sp³-hybridized carbons (Fsp3) is 0.471. The SMILES string of the molecule is Cc1cccc(CSc2nnc(C(C)NC(=O)OC(C)(C)C)o2)c1. The van der Waals surface area contributed by atoms with Gasteiger partial charge in [-0.25, -0.2) is 4.79 Å². The second-order valence-corrected chi connectivity index (χ2v) is 7.48. The number of carbonyl (C=O) groups is 1. The van der Waals surface area contributed by atoms with E-state index in [2.05, 4.69) is 40.6 Å². The Kier molecular flexibility index (Phi) is 5.88. The van der Waals surface area contributed by atoms with Crippen LogP contribution in [-0.4, -0.2) is 21.9 Å². The van der Waals surface area contributed by atoms with Crippen LogP contribution in [-0.2, 0) is 10.5 Å². The summed E-state index contributed by atoms with van der Waals surface area (Å²) in [6, 6.07) is 7.85. The van der Waals surface area contributed by atoms with Crippen molar-refractivity contribution in [1.29, 1.82) is 0 Å². The van der Waals surface area contributed by atoms with E-state index in [1.165, 1.54) is 22.9 Å². The first kappa shape index (κ1) is 18.3. The van der Waals surface area contributed by atoms with Crippen molar-refractivity contribution in [3.05, 3.63) is 41.3 Å². The fourth-order valence-corrected chi connectivity index (χ4v) is 2.66. The molecule has 1 aromatic carbocycles. The lowest BCUT2D eigenvalue weighted by molar-refractivity contribution is 0.0500.